The summed E-state index contributed by atoms with van der Waals surface area (Å²) in [4.78, 5) is 19.0. The van der Waals surface area contributed by atoms with Gasteiger partial charge in [0.15, 0.2) is 0 Å². The van der Waals surface area contributed by atoms with Crippen LogP contribution in [0.5, 0.6) is 5.75 Å². The van der Waals surface area contributed by atoms with Crippen molar-refractivity contribution in [2.45, 2.75) is 13.0 Å². The van der Waals surface area contributed by atoms with Crippen LogP contribution in [0.2, 0.25) is 0 Å². The van der Waals surface area contributed by atoms with E-state index in [-0.39, 0.29) is 11.9 Å². The molecule has 0 radical (unpaired) electrons. The molecule has 3 aromatic rings. The van der Waals surface area contributed by atoms with Gasteiger partial charge >= 0.3 is 0 Å². The Kier molecular flexibility index (Phi) is 5.23. The van der Waals surface area contributed by atoms with Gasteiger partial charge in [-0.2, -0.15) is 0 Å². The van der Waals surface area contributed by atoms with Crippen LogP contribution < -0.4 is 10.1 Å². The number of hydrogen-bond acceptors (Lipinski definition) is 4. The molecule has 136 valence electrons. The maximum Gasteiger partial charge on any atom is 0.271 e. The first kappa shape index (κ1) is 17.9. The Morgan fingerprint density at radius 2 is 2.12 bits per heavy atom. The quantitative estimate of drug-likeness (QED) is 0.741. The molecule has 1 N–H and O–H groups in total. The Hall–Kier alpha value is -2.86. The number of fused-ring (bicyclic) bond motifs is 1. The molecule has 0 aliphatic rings. The number of amides is 1. The zero-order valence-electron chi connectivity index (χ0n) is 15.6. The number of imidazole rings is 1. The van der Waals surface area contributed by atoms with Crippen molar-refractivity contribution in [3.05, 3.63) is 65.6 Å². The first-order chi connectivity index (χ1) is 12.5. The Bertz CT molecular complexity index is 917. The standard InChI is InChI=1S/C20H24N4O2/c1-14-8-9-24-13-17(22-19(24)10-14)20(25)21-12-18(23(2)3)15-6-5-7-16(11-15)26-4/h5-11,13,18H,12H2,1-4H3,(H,21,25)/t18-/m0/s1. The highest BCUT2D eigenvalue weighted by molar-refractivity contribution is 5.92. The number of ether oxygens (including phenoxy) is 1. The molecule has 1 aromatic carbocycles. The van der Waals surface area contributed by atoms with Gasteiger partial charge in [-0.1, -0.05) is 12.1 Å². The molecule has 1 atom stereocenters. The van der Waals surface area contributed by atoms with Crippen molar-refractivity contribution in [2.75, 3.05) is 27.7 Å². The van der Waals surface area contributed by atoms with Crippen LogP contribution in [0, 0.1) is 6.92 Å². The fourth-order valence-electron chi connectivity index (χ4n) is 2.92. The summed E-state index contributed by atoms with van der Waals surface area (Å²) >= 11 is 0. The van der Waals surface area contributed by atoms with Crippen LogP contribution in [0.15, 0.2) is 48.8 Å². The van der Waals surface area contributed by atoms with E-state index in [4.69, 9.17) is 4.74 Å². The van der Waals surface area contributed by atoms with E-state index in [0.29, 0.717) is 12.2 Å². The van der Waals surface area contributed by atoms with E-state index in [9.17, 15) is 4.79 Å². The van der Waals surface area contributed by atoms with E-state index in [1.807, 2.05) is 68.0 Å². The van der Waals surface area contributed by atoms with Crippen LogP contribution in [0.1, 0.15) is 27.7 Å². The maximum atomic E-state index is 12.6. The molecule has 3 rings (SSSR count). The van der Waals surface area contributed by atoms with E-state index in [1.165, 1.54) is 0 Å². The molecular weight excluding hydrogens is 328 g/mol. The monoisotopic (exact) mass is 352 g/mol. The lowest BCUT2D eigenvalue weighted by atomic mass is 10.1. The van der Waals surface area contributed by atoms with Crippen LogP contribution >= 0.6 is 0 Å². The number of aryl methyl sites for hydroxylation is 1. The molecule has 0 unspecified atom stereocenters. The highest BCUT2D eigenvalue weighted by atomic mass is 16.5. The van der Waals surface area contributed by atoms with E-state index >= 15 is 0 Å². The first-order valence-electron chi connectivity index (χ1n) is 8.52. The summed E-state index contributed by atoms with van der Waals surface area (Å²) in [5, 5.41) is 2.99. The van der Waals surface area contributed by atoms with Gasteiger partial charge in [-0.3, -0.25) is 4.79 Å². The number of nitrogens with one attached hydrogen (secondary N) is 1. The van der Waals surface area contributed by atoms with Crippen molar-refractivity contribution in [3.8, 4) is 5.75 Å². The van der Waals surface area contributed by atoms with Crippen LogP contribution in [0.25, 0.3) is 5.65 Å². The van der Waals surface area contributed by atoms with E-state index in [1.54, 1.807) is 13.3 Å². The molecule has 0 aliphatic heterocycles. The molecular formula is C20H24N4O2. The summed E-state index contributed by atoms with van der Waals surface area (Å²) in [7, 11) is 5.63. The lowest BCUT2D eigenvalue weighted by molar-refractivity contribution is 0.0937. The van der Waals surface area contributed by atoms with Gasteiger partial charge in [0.1, 0.15) is 17.1 Å². The number of hydrogen-bond donors (Lipinski definition) is 1. The number of carbonyl (C=O) groups is 1. The van der Waals surface area contributed by atoms with E-state index < -0.39 is 0 Å². The SMILES string of the molecule is COc1cccc([C@H](CNC(=O)c2cn3ccc(C)cc3n2)N(C)C)c1. The number of likely N-dealkylation sites (N-methyl/N-ethyl adjacent to an activating group) is 1. The highest BCUT2D eigenvalue weighted by Gasteiger charge is 2.18. The van der Waals surface area contributed by atoms with Gasteiger partial charge < -0.3 is 19.4 Å². The minimum Gasteiger partial charge on any atom is -0.497 e. The minimum atomic E-state index is -0.180. The lowest BCUT2D eigenvalue weighted by Gasteiger charge is -2.25. The molecule has 26 heavy (non-hydrogen) atoms. The van der Waals surface area contributed by atoms with Gasteiger partial charge in [-0.25, -0.2) is 4.98 Å². The predicted molar refractivity (Wildman–Crippen MR) is 102 cm³/mol. The second-order valence-corrected chi connectivity index (χ2v) is 6.56. The third-order valence-electron chi connectivity index (χ3n) is 4.41. The van der Waals surface area contributed by atoms with E-state index in [2.05, 4.69) is 15.2 Å². The summed E-state index contributed by atoms with van der Waals surface area (Å²) in [6, 6.07) is 11.9. The van der Waals surface area contributed by atoms with Crippen molar-refractivity contribution in [1.82, 2.24) is 19.6 Å². The molecule has 0 saturated heterocycles. The minimum absolute atomic E-state index is 0.0355. The second kappa shape index (κ2) is 7.58. The van der Waals surface area contributed by atoms with Crippen molar-refractivity contribution in [1.29, 1.82) is 0 Å². The Balaban J connectivity index is 1.74. The molecule has 0 bridgehead atoms. The number of carbonyl (C=O) groups excluding carboxylic acids is 1. The molecule has 0 aliphatic carbocycles. The number of rotatable bonds is 6. The summed E-state index contributed by atoms with van der Waals surface area (Å²) in [6.45, 7) is 2.48. The molecule has 0 spiro atoms. The highest BCUT2D eigenvalue weighted by Crippen LogP contribution is 2.22. The summed E-state index contributed by atoms with van der Waals surface area (Å²) in [6.07, 6.45) is 3.66. The average molecular weight is 352 g/mol. The molecule has 1 amide bonds. The zero-order chi connectivity index (χ0) is 18.7. The summed E-state index contributed by atoms with van der Waals surface area (Å²) in [5.41, 5.74) is 3.38. The van der Waals surface area contributed by atoms with Gasteiger partial charge in [0.2, 0.25) is 0 Å². The van der Waals surface area contributed by atoms with Gasteiger partial charge in [0.25, 0.3) is 5.91 Å². The molecule has 0 saturated carbocycles. The van der Waals surface area contributed by atoms with Crippen LogP contribution in [0.3, 0.4) is 0 Å². The predicted octanol–water partition coefficient (Wildman–Crippen LogP) is 2.68. The molecule has 2 aromatic heterocycles. The van der Waals surface area contributed by atoms with Crippen LogP contribution in [-0.2, 0) is 0 Å². The van der Waals surface area contributed by atoms with Crippen molar-refractivity contribution in [3.63, 3.8) is 0 Å². The molecule has 0 fully saturated rings. The number of pyridine rings is 1. The second-order valence-electron chi connectivity index (χ2n) is 6.56. The van der Waals surface area contributed by atoms with E-state index in [0.717, 1.165) is 22.5 Å². The number of benzene rings is 1. The normalized spacial score (nSPS) is 12.3. The third kappa shape index (κ3) is 3.86. The first-order valence-corrected chi connectivity index (χ1v) is 8.52. The van der Waals surface area contributed by atoms with Crippen molar-refractivity contribution >= 4 is 11.6 Å². The van der Waals surface area contributed by atoms with Crippen LogP contribution in [0.4, 0.5) is 0 Å². The Morgan fingerprint density at radius 3 is 2.85 bits per heavy atom. The van der Waals surface area contributed by atoms with Gasteiger partial charge in [-0.15, -0.1) is 0 Å². The van der Waals surface area contributed by atoms with Gasteiger partial charge in [0, 0.05) is 18.9 Å². The van der Waals surface area contributed by atoms with Gasteiger partial charge in [-0.05, 0) is 56.4 Å². The van der Waals surface area contributed by atoms with Crippen molar-refractivity contribution < 1.29 is 9.53 Å². The average Bonchev–Trinajstić information content (AvgIpc) is 3.05. The molecule has 2 heterocycles. The number of nitrogens with zero attached hydrogens (tertiary/aromatic N) is 3. The van der Waals surface area contributed by atoms with Gasteiger partial charge in [0.05, 0.1) is 13.2 Å². The summed E-state index contributed by atoms with van der Waals surface area (Å²) in [5.74, 6) is 0.623. The Morgan fingerprint density at radius 1 is 1.31 bits per heavy atom. The Labute approximate surface area is 153 Å². The molecule has 6 heteroatoms. The third-order valence-corrected chi connectivity index (χ3v) is 4.41. The van der Waals surface area contributed by atoms with Crippen molar-refractivity contribution in [2.24, 2.45) is 0 Å². The maximum absolute atomic E-state index is 12.6. The zero-order valence-corrected chi connectivity index (χ0v) is 15.6. The van der Waals surface area contributed by atoms with Crippen LogP contribution in [-0.4, -0.2) is 47.9 Å². The molecule has 6 nitrogen and oxygen atoms in total. The largest absolute Gasteiger partial charge is 0.497 e. The topological polar surface area (TPSA) is 58.9 Å². The fraction of sp³-hybridized carbons (Fsp3) is 0.300. The smallest absolute Gasteiger partial charge is 0.271 e. The number of methoxy groups -OCH3 is 1. The summed E-state index contributed by atoms with van der Waals surface area (Å²) < 4.78 is 7.16. The lowest BCUT2D eigenvalue weighted by Crippen LogP contribution is -2.34. The number of aromatic nitrogens is 2. The fourth-order valence-corrected chi connectivity index (χ4v) is 2.92.